The maximum absolute atomic E-state index is 13.8. The van der Waals surface area contributed by atoms with Crippen molar-refractivity contribution in [2.24, 2.45) is 5.73 Å². The van der Waals surface area contributed by atoms with Crippen LogP contribution in [0.3, 0.4) is 0 Å². The summed E-state index contributed by atoms with van der Waals surface area (Å²) in [5.41, 5.74) is 6.26. The van der Waals surface area contributed by atoms with Gasteiger partial charge in [-0.25, -0.2) is 4.39 Å². The van der Waals surface area contributed by atoms with Crippen LogP contribution in [0.5, 0.6) is 5.75 Å². The standard InChI is InChI=1S/C12H16FNO/c1-15-10-5-2-4-9(13)11(10)12(8-14)6-3-7-12/h2,4-5H,3,6-8,14H2,1H3. The van der Waals surface area contributed by atoms with E-state index in [4.69, 9.17) is 10.5 Å². The number of nitrogens with two attached hydrogens (primary N) is 1. The van der Waals surface area contributed by atoms with Crippen LogP contribution in [0.4, 0.5) is 4.39 Å². The van der Waals surface area contributed by atoms with E-state index in [1.54, 1.807) is 19.2 Å². The van der Waals surface area contributed by atoms with Gasteiger partial charge in [-0.3, -0.25) is 0 Å². The highest BCUT2D eigenvalue weighted by atomic mass is 19.1. The van der Waals surface area contributed by atoms with Crippen molar-refractivity contribution in [2.45, 2.75) is 24.7 Å². The van der Waals surface area contributed by atoms with Gasteiger partial charge in [0.05, 0.1) is 7.11 Å². The molecule has 1 saturated carbocycles. The number of ether oxygens (including phenoxy) is 1. The molecule has 0 spiro atoms. The predicted octanol–water partition coefficient (Wildman–Crippen LogP) is 2.21. The number of hydrogen-bond acceptors (Lipinski definition) is 2. The lowest BCUT2D eigenvalue weighted by atomic mass is 9.64. The maximum atomic E-state index is 13.8. The monoisotopic (exact) mass is 209 g/mol. The normalized spacial score (nSPS) is 18.3. The minimum Gasteiger partial charge on any atom is -0.496 e. The molecular weight excluding hydrogens is 193 g/mol. The van der Waals surface area contributed by atoms with Gasteiger partial charge < -0.3 is 10.5 Å². The fourth-order valence-electron chi connectivity index (χ4n) is 2.35. The zero-order valence-corrected chi connectivity index (χ0v) is 8.92. The molecule has 2 nitrogen and oxygen atoms in total. The number of rotatable bonds is 3. The number of halogens is 1. The Morgan fingerprint density at radius 3 is 2.67 bits per heavy atom. The Kier molecular flexibility index (Phi) is 2.65. The predicted molar refractivity (Wildman–Crippen MR) is 57.5 cm³/mol. The van der Waals surface area contributed by atoms with Crippen molar-refractivity contribution in [1.29, 1.82) is 0 Å². The van der Waals surface area contributed by atoms with Crippen LogP contribution >= 0.6 is 0 Å². The van der Waals surface area contributed by atoms with E-state index in [-0.39, 0.29) is 11.2 Å². The highest BCUT2D eigenvalue weighted by Gasteiger charge is 2.41. The van der Waals surface area contributed by atoms with Crippen LogP contribution in [0.1, 0.15) is 24.8 Å². The van der Waals surface area contributed by atoms with Gasteiger partial charge in [0, 0.05) is 17.5 Å². The van der Waals surface area contributed by atoms with Crippen molar-refractivity contribution in [3.8, 4) is 5.75 Å². The fraction of sp³-hybridized carbons (Fsp3) is 0.500. The van der Waals surface area contributed by atoms with E-state index in [0.717, 1.165) is 19.3 Å². The number of benzene rings is 1. The molecule has 82 valence electrons. The summed E-state index contributed by atoms with van der Waals surface area (Å²) < 4.78 is 19.0. The summed E-state index contributed by atoms with van der Waals surface area (Å²) >= 11 is 0. The quantitative estimate of drug-likeness (QED) is 0.828. The second kappa shape index (κ2) is 3.81. The lowest BCUT2D eigenvalue weighted by Crippen LogP contribution is -2.42. The molecule has 2 rings (SSSR count). The van der Waals surface area contributed by atoms with Gasteiger partial charge >= 0.3 is 0 Å². The average molecular weight is 209 g/mol. The molecule has 1 fully saturated rings. The van der Waals surface area contributed by atoms with Crippen molar-refractivity contribution in [3.63, 3.8) is 0 Å². The smallest absolute Gasteiger partial charge is 0.130 e. The molecule has 0 saturated heterocycles. The van der Waals surface area contributed by atoms with Gasteiger partial charge in [-0.05, 0) is 25.0 Å². The van der Waals surface area contributed by atoms with Gasteiger partial charge in [0.25, 0.3) is 0 Å². The largest absolute Gasteiger partial charge is 0.496 e. The third-order valence-corrected chi connectivity index (χ3v) is 3.43. The van der Waals surface area contributed by atoms with Crippen LogP contribution in [0.25, 0.3) is 0 Å². The second-order valence-electron chi connectivity index (χ2n) is 4.16. The Balaban J connectivity index is 2.49. The summed E-state index contributed by atoms with van der Waals surface area (Å²) in [6.07, 6.45) is 3.04. The first kappa shape index (κ1) is 10.4. The van der Waals surface area contributed by atoms with Gasteiger partial charge in [0.15, 0.2) is 0 Å². The summed E-state index contributed by atoms with van der Waals surface area (Å²) in [6, 6.07) is 4.95. The van der Waals surface area contributed by atoms with Crippen molar-refractivity contribution < 1.29 is 9.13 Å². The van der Waals surface area contributed by atoms with Crippen LogP contribution in [-0.2, 0) is 5.41 Å². The third-order valence-electron chi connectivity index (χ3n) is 3.43. The van der Waals surface area contributed by atoms with Crippen molar-refractivity contribution in [1.82, 2.24) is 0 Å². The topological polar surface area (TPSA) is 35.2 Å². The molecular formula is C12H16FNO. The van der Waals surface area contributed by atoms with E-state index in [0.29, 0.717) is 17.9 Å². The van der Waals surface area contributed by atoms with Crippen molar-refractivity contribution >= 4 is 0 Å². The first-order chi connectivity index (χ1) is 7.23. The first-order valence-corrected chi connectivity index (χ1v) is 5.26. The van der Waals surface area contributed by atoms with Crippen molar-refractivity contribution in [3.05, 3.63) is 29.6 Å². The van der Waals surface area contributed by atoms with Gasteiger partial charge in [-0.2, -0.15) is 0 Å². The lowest BCUT2D eigenvalue weighted by molar-refractivity contribution is 0.234. The number of hydrogen-bond donors (Lipinski definition) is 1. The molecule has 1 aliphatic rings. The van der Waals surface area contributed by atoms with E-state index in [1.165, 1.54) is 6.07 Å². The molecule has 0 aliphatic heterocycles. The molecule has 3 heteroatoms. The molecule has 0 aromatic heterocycles. The second-order valence-corrected chi connectivity index (χ2v) is 4.16. The Bertz CT molecular complexity index is 355. The summed E-state index contributed by atoms with van der Waals surface area (Å²) in [5.74, 6) is 0.430. The lowest BCUT2D eigenvalue weighted by Gasteiger charge is -2.42. The third kappa shape index (κ3) is 1.51. The van der Waals surface area contributed by atoms with Gasteiger partial charge in [0.2, 0.25) is 0 Å². The molecule has 0 radical (unpaired) electrons. The minimum atomic E-state index is -0.195. The van der Waals surface area contributed by atoms with Crippen LogP contribution in [0.15, 0.2) is 18.2 Å². The van der Waals surface area contributed by atoms with Crippen LogP contribution < -0.4 is 10.5 Å². The molecule has 1 aromatic carbocycles. The van der Waals surface area contributed by atoms with Gasteiger partial charge in [0.1, 0.15) is 11.6 Å². The van der Waals surface area contributed by atoms with E-state index in [1.807, 2.05) is 0 Å². The Labute approximate surface area is 89.2 Å². The summed E-state index contributed by atoms with van der Waals surface area (Å²) in [7, 11) is 1.57. The molecule has 0 unspecified atom stereocenters. The van der Waals surface area contributed by atoms with E-state index in [2.05, 4.69) is 0 Å². The average Bonchev–Trinajstić information content (AvgIpc) is 2.19. The Morgan fingerprint density at radius 1 is 1.47 bits per heavy atom. The summed E-state index contributed by atoms with van der Waals surface area (Å²) in [5, 5.41) is 0. The fourth-order valence-corrected chi connectivity index (χ4v) is 2.35. The van der Waals surface area contributed by atoms with Crippen LogP contribution in [0.2, 0.25) is 0 Å². The van der Waals surface area contributed by atoms with Gasteiger partial charge in [-0.1, -0.05) is 12.5 Å². The van der Waals surface area contributed by atoms with E-state index >= 15 is 0 Å². The van der Waals surface area contributed by atoms with Crippen molar-refractivity contribution in [2.75, 3.05) is 13.7 Å². The van der Waals surface area contributed by atoms with E-state index in [9.17, 15) is 4.39 Å². The molecule has 1 aliphatic carbocycles. The molecule has 0 heterocycles. The number of methoxy groups -OCH3 is 1. The van der Waals surface area contributed by atoms with E-state index < -0.39 is 0 Å². The summed E-state index contributed by atoms with van der Waals surface area (Å²) in [4.78, 5) is 0. The summed E-state index contributed by atoms with van der Waals surface area (Å²) in [6.45, 7) is 0.490. The zero-order valence-electron chi connectivity index (χ0n) is 8.92. The molecule has 0 amide bonds. The van der Waals surface area contributed by atoms with Crippen LogP contribution in [-0.4, -0.2) is 13.7 Å². The minimum absolute atomic E-state index is 0.184. The van der Waals surface area contributed by atoms with Gasteiger partial charge in [-0.15, -0.1) is 0 Å². The van der Waals surface area contributed by atoms with Crippen LogP contribution in [0, 0.1) is 5.82 Å². The molecule has 0 atom stereocenters. The molecule has 2 N–H and O–H groups in total. The Morgan fingerprint density at radius 2 is 2.20 bits per heavy atom. The first-order valence-electron chi connectivity index (χ1n) is 5.26. The molecule has 1 aromatic rings. The molecule has 15 heavy (non-hydrogen) atoms. The highest BCUT2D eigenvalue weighted by Crippen LogP contribution is 2.47. The SMILES string of the molecule is COc1cccc(F)c1C1(CN)CCC1. The maximum Gasteiger partial charge on any atom is 0.130 e. The molecule has 0 bridgehead atoms. The highest BCUT2D eigenvalue weighted by molar-refractivity contribution is 5.42. The Hall–Kier alpha value is -1.09. The zero-order chi connectivity index (χ0) is 10.9.